The first kappa shape index (κ1) is 12.8. The number of thioether (sulfide) groups is 1. The summed E-state index contributed by atoms with van der Waals surface area (Å²) in [5, 5.41) is 21.6. The molecule has 1 saturated heterocycles. The predicted molar refractivity (Wildman–Crippen MR) is 64.2 cm³/mol. The first-order chi connectivity index (χ1) is 8.66. The van der Waals surface area contributed by atoms with E-state index in [-0.39, 0.29) is 17.6 Å². The molecular formula is C9H13N5O3S. The van der Waals surface area contributed by atoms with E-state index >= 15 is 0 Å². The highest BCUT2D eigenvalue weighted by atomic mass is 32.2. The fourth-order valence-electron chi connectivity index (χ4n) is 1.49. The predicted octanol–water partition coefficient (Wildman–Crippen LogP) is -1.24. The van der Waals surface area contributed by atoms with Gasteiger partial charge in [0.1, 0.15) is 0 Å². The summed E-state index contributed by atoms with van der Waals surface area (Å²) >= 11 is 1.68. The van der Waals surface area contributed by atoms with E-state index in [0.29, 0.717) is 13.1 Å². The van der Waals surface area contributed by atoms with Gasteiger partial charge in [0.05, 0.1) is 18.8 Å². The summed E-state index contributed by atoms with van der Waals surface area (Å²) in [5.74, 6) is 0.414. The first-order valence-corrected chi connectivity index (χ1v) is 6.54. The number of rotatable bonds is 5. The van der Waals surface area contributed by atoms with E-state index in [1.54, 1.807) is 11.8 Å². The van der Waals surface area contributed by atoms with E-state index in [0.717, 1.165) is 11.6 Å². The van der Waals surface area contributed by atoms with Gasteiger partial charge in [0.2, 0.25) is 5.91 Å². The van der Waals surface area contributed by atoms with Crippen LogP contribution in [0.15, 0.2) is 6.20 Å². The molecule has 1 aromatic rings. The molecule has 1 aromatic heterocycles. The van der Waals surface area contributed by atoms with Crippen molar-refractivity contribution in [2.75, 3.05) is 18.2 Å². The standard InChI is InChI=1S/C9H13N5O3S/c15-8(7-4-18-5-11-7)10-1-2-14-3-6(9(16)17)12-13-14/h3,7,11H,1-2,4-5H2,(H,10,15)(H,16,17). The van der Waals surface area contributed by atoms with Gasteiger partial charge in [-0.3, -0.25) is 10.1 Å². The number of carbonyl (C=O) groups excluding carboxylic acids is 1. The number of amides is 1. The third kappa shape index (κ3) is 3.20. The molecule has 1 unspecified atom stereocenters. The Bertz CT molecular complexity index is 443. The molecule has 1 fully saturated rings. The van der Waals surface area contributed by atoms with Crippen LogP contribution in [0.2, 0.25) is 0 Å². The summed E-state index contributed by atoms with van der Waals surface area (Å²) in [6.45, 7) is 0.788. The Morgan fingerprint density at radius 3 is 3.11 bits per heavy atom. The highest BCUT2D eigenvalue weighted by Crippen LogP contribution is 2.08. The zero-order valence-electron chi connectivity index (χ0n) is 9.50. The van der Waals surface area contributed by atoms with E-state index in [9.17, 15) is 9.59 Å². The van der Waals surface area contributed by atoms with Crippen molar-refractivity contribution in [3.8, 4) is 0 Å². The van der Waals surface area contributed by atoms with Gasteiger partial charge >= 0.3 is 5.97 Å². The average molecular weight is 271 g/mol. The van der Waals surface area contributed by atoms with Gasteiger partial charge in [0, 0.05) is 18.2 Å². The number of aromatic carboxylic acids is 1. The fourth-order valence-corrected chi connectivity index (χ4v) is 2.43. The molecule has 0 radical (unpaired) electrons. The van der Waals surface area contributed by atoms with Crippen molar-refractivity contribution in [3.05, 3.63) is 11.9 Å². The Hall–Kier alpha value is -1.61. The number of carbonyl (C=O) groups is 2. The lowest BCUT2D eigenvalue weighted by Crippen LogP contribution is -2.43. The minimum absolute atomic E-state index is 0.0430. The monoisotopic (exact) mass is 271 g/mol. The van der Waals surface area contributed by atoms with Crippen LogP contribution in [-0.2, 0) is 11.3 Å². The lowest BCUT2D eigenvalue weighted by molar-refractivity contribution is -0.122. The molecule has 18 heavy (non-hydrogen) atoms. The van der Waals surface area contributed by atoms with E-state index in [4.69, 9.17) is 5.11 Å². The van der Waals surface area contributed by atoms with Crippen molar-refractivity contribution in [2.45, 2.75) is 12.6 Å². The van der Waals surface area contributed by atoms with Crippen molar-refractivity contribution in [1.29, 1.82) is 0 Å². The highest BCUT2D eigenvalue weighted by molar-refractivity contribution is 7.99. The molecular weight excluding hydrogens is 258 g/mol. The number of hydrogen-bond donors (Lipinski definition) is 3. The minimum atomic E-state index is -1.11. The Kier molecular flexibility index (Phi) is 4.15. The lowest BCUT2D eigenvalue weighted by Gasteiger charge is -2.09. The Morgan fingerprint density at radius 1 is 1.67 bits per heavy atom. The topological polar surface area (TPSA) is 109 Å². The van der Waals surface area contributed by atoms with Crippen molar-refractivity contribution >= 4 is 23.6 Å². The van der Waals surface area contributed by atoms with Crippen LogP contribution in [0, 0.1) is 0 Å². The number of carboxylic acids is 1. The van der Waals surface area contributed by atoms with Gasteiger partial charge in [-0.05, 0) is 0 Å². The molecule has 3 N–H and O–H groups in total. The van der Waals surface area contributed by atoms with Crippen LogP contribution < -0.4 is 10.6 Å². The normalized spacial score (nSPS) is 18.8. The molecule has 0 aliphatic carbocycles. The Labute approximate surface area is 107 Å². The van der Waals surface area contributed by atoms with Crippen molar-refractivity contribution in [1.82, 2.24) is 25.6 Å². The third-order valence-electron chi connectivity index (χ3n) is 2.43. The zero-order chi connectivity index (χ0) is 13.0. The Morgan fingerprint density at radius 2 is 2.50 bits per heavy atom. The van der Waals surface area contributed by atoms with Gasteiger partial charge in [-0.15, -0.1) is 16.9 Å². The summed E-state index contributed by atoms with van der Waals surface area (Å²) in [7, 11) is 0. The molecule has 1 amide bonds. The molecule has 1 atom stereocenters. The molecule has 1 aliphatic rings. The van der Waals surface area contributed by atoms with Crippen LogP contribution in [-0.4, -0.2) is 56.2 Å². The van der Waals surface area contributed by atoms with Crippen LogP contribution in [0.25, 0.3) is 0 Å². The van der Waals surface area contributed by atoms with Gasteiger partial charge in [-0.25, -0.2) is 9.48 Å². The number of carboxylic acid groups (broad SMARTS) is 1. The van der Waals surface area contributed by atoms with Crippen molar-refractivity contribution in [2.24, 2.45) is 0 Å². The molecule has 2 rings (SSSR count). The van der Waals surface area contributed by atoms with E-state index in [1.165, 1.54) is 10.9 Å². The molecule has 9 heteroatoms. The van der Waals surface area contributed by atoms with Gasteiger partial charge in [-0.1, -0.05) is 5.21 Å². The first-order valence-electron chi connectivity index (χ1n) is 5.39. The molecule has 2 heterocycles. The second-order valence-corrected chi connectivity index (χ2v) is 4.77. The van der Waals surface area contributed by atoms with Crippen LogP contribution in [0.5, 0.6) is 0 Å². The fraction of sp³-hybridized carbons (Fsp3) is 0.556. The molecule has 98 valence electrons. The van der Waals surface area contributed by atoms with Crippen LogP contribution in [0.4, 0.5) is 0 Å². The van der Waals surface area contributed by atoms with Crippen molar-refractivity contribution < 1.29 is 14.7 Å². The van der Waals surface area contributed by atoms with Gasteiger partial charge in [0.25, 0.3) is 0 Å². The zero-order valence-corrected chi connectivity index (χ0v) is 10.3. The highest BCUT2D eigenvalue weighted by Gasteiger charge is 2.21. The SMILES string of the molecule is O=C(O)c1cn(CCNC(=O)C2CSCN2)nn1. The number of aromatic nitrogens is 3. The van der Waals surface area contributed by atoms with Crippen LogP contribution in [0.3, 0.4) is 0 Å². The maximum absolute atomic E-state index is 11.6. The average Bonchev–Trinajstić information content (AvgIpc) is 3.00. The molecule has 0 saturated carbocycles. The molecule has 0 bridgehead atoms. The maximum Gasteiger partial charge on any atom is 0.358 e. The van der Waals surface area contributed by atoms with E-state index < -0.39 is 5.97 Å². The maximum atomic E-state index is 11.6. The quantitative estimate of drug-likeness (QED) is 0.614. The van der Waals surface area contributed by atoms with E-state index in [1.807, 2.05) is 0 Å². The van der Waals surface area contributed by atoms with E-state index in [2.05, 4.69) is 20.9 Å². The molecule has 8 nitrogen and oxygen atoms in total. The van der Waals surface area contributed by atoms with Gasteiger partial charge < -0.3 is 10.4 Å². The summed E-state index contributed by atoms with van der Waals surface area (Å²) in [6.07, 6.45) is 1.33. The Balaban J connectivity index is 1.74. The van der Waals surface area contributed by atoms with Crippen LogP contribution in [0.1, 0.15) is 10.5 Å². The summed E-state index contributed by atoms with van der Waals surface area (Å²) < 4.78 is 1.39. The number of hydrogen-bond acceptors (Lipinski definition) is 6. The molecule has 0 spiro atoms. The van der Waals surface area contributed by atoms with Gasteiger partial charge in [-0.2, -0.15) is 0 Å². The summed E-state index contributed by atoms with van der Waals surface area (Å²) in [5.41, 5.74) is -0.102. The van der Waals surface area contributed by atoms with Gasteiger partial charge in [0.15, 0.2) is 5.69 Å². The number of nitrogens with zero attached hydrogens (tertiary/aromatic N) is 3. The molecule has 0 aromatic carbocycles. The van der Waals surface area contributed by atoms with Crippen molar-refractivity contribution in [3.63, 3.8) is 0 Å². The number of nitrogens with one attached hydrogen (secondary N) is 2. The summed E-state index contributed by atoms with van der Waals surface area (Å²) in [4.78, 5) is 22.2. The smallest absolute Gasteiger partial charge is 0.358 e. The molecule has 1 aliphatic heterocycles. The van der Waals surface area contributed by atoms with Crippen LogP contribution >= 0.6 is 11.8 Å². The lowest BCUT2D eigenvalue weighted by atomic mass is 10.3. The minimum Gasteiger partial charge on any atom is -0.476 e. The second-order valence-electron chi connectivity index (χ2n) is 3.73. The largest absolute Gasteiger partial charge is 0.476 e. The third-order valence-corrected chi connectivity index (χ3v) is 3.37. The second kappa shape index (κ2) is 5.83. The summed E-state index contributed by atoms with van der Waals surface area (Å²) in [6, 6.07) is -0.139.